The molecule has 53 heavy (non-hydrogen) atoms. The average Bonchev–Trinajstić information content (AvgIpc) is 3.77. The maximum atomic E-state index is 13.2. The standard InChI is InChI=1S/2C13H13F3N3.C11H6F2N.Ir/c2*1-12(2,3)8-4-5-17-9(6-8)10-7-11(19-18-10)13(14,15)16;12-8-4-5-9(10(13)7-8)11-3-1-2-6-14-11;/h2*4-7H,1-3H3;1-4,6-7H;/q3*-1;+3. The van der Waals surface area contributed by atoms with Crippen molar-refractivity contribution in [3.05, 3.63) is 126 Å². The molecule has 6 rings (SSSR count). The van der Waals surface area contributed by atoms with Crippen LogP contribution in [0, 0.1) is 17.7 Å². The monoisotopic (exact) mass is 919 g/mol. The molecule has 0 unspecified atom stereocenters. The number of alkyl halides is 6. The van der Waals surface area contributed by atoms with E-state index in [1.165, 1.54) is 0 Å². The largest absolute Gasteiger partial charge is 3.00 e. The van der Waals surface area contributed by atoms with Crippen molar-refractivity contribution >= 4 is 0 Å². The van der Waals surface area contributed by atoms with E-state index in [0.29, 0.717) is 17.1 Å². The minimum atomic E-state index is -4.48. The van der Waals surface area contributed by atoms with Gasteiger partial charge in [-0.3, -0.25) is 18.7 Å². The van der Waals surface area contributed by atoms with Gasteiger partial charge in [-0.2, -0.15) is 26.3 Å². The van der Waals surface area contributed by atoms with Crippen molar-refractivity contribution in [2.24, 2.45) is 0 Å². The molecule has 0 aliphatic carbocycles. The Labute approximate surface area is 314 Å². The third kappa shape index (κ3) is 11.8. The normalized spacial score (nSPS) is 11.8. The van der Waals surface area contributed by atoms with Crippen LogP contribution < -0.4 is 10.2 Å². The molecular weight excluding hydrogens is 887 g/mol. The molecule has 5 heterocycles. The van der Waals surface area contributed by atoms with Crippen LogP contribution in [0.25, 0.3) is 34.0 Å². The molecule has 5 aromatic heterocycles. The topological polar surface area (TPSA) is 92.6 Å². The summed E-state index contributed by atoms with van der Waals surface area (Å²) in [7, 11) is 0. The summed E-state index contributed by atoms with van der Waals surface area (Å²) in [5, 5.41) is 13.4. The maximum Gasteiger partial charge on any atom is 3.00 e. The molecule has 0 bridgehead atoms. The Bertz CT molecular complexity index is 1970. The minimum Gasteiger partial charge on any atom is -0.573 e. The molecule has 0 saturated heterocycles. The van der Waals surface area contributed by atoms with E-state index >= 15 is 0 Å². The van der Waals surface area contributed by atoms with E-state index in [2.05, 4.69) is 41.4 Å². The number of pyridine rings is 3. The van der Waals surface area contributed by atoms with Crippen molar-refractivity contribution in [1.82, 2.24) is 35.3 Å². The van der Waals surface area contributed by atoms with Crippen LogP contribution in [0.3, 0.4) is 0 Å². The minimum absolute atomic E-state index is 0. The van der Waals surface area contributed by atoms with Gasteiger partial charge in [0.25, 0.3) is 0 Å². The first-order valence-corrected chi connectivity index (χ1v) is 15.5. The first-order valence-electron chi connectivity index (χ1n) is 15.5. The molecule has 0 aliphatic rings. The fourth-order valence-corrected chi connectivity index (χ4v) is 4.34. The fraction of sp³-hybridized carbons (Fsp3) is 0.270. The molecule has 280 valence electrons. The second kappa shape index (κ2) is 16.9. The summed E-state index contributed by atoms with van der Waals surface area (Å²) in [6.07, 6.45) is -4.28. The van der Waals surface area contributed by atoms with E-state index in [0.717, 1.165) is 35.4 Å². The summed E-state index contributed by atoms with van der Waals surface area (Å²) < 4.78 is 101. The zero-order chi connectivity index (χ0) is 38.5. The predicted molar refractivity (Wildman–Crippen MR) is 177 cm³/mol. The van der Waals surface area contributed by atoms with Crippen molar-refractivity contribution in [2.75, 3.05) is 0 Å². The molecule has 0 fully saturated rings. The summed E-state index contributed by atoms with van der Waals surface area (Å²) in [5.74, 6) is -1.29. The van der Waals surface area contributed by atoms with Crippen molar-refractivity contribution < 1.29 is 55.2 Å². The van der Waals surface area contributed by atoms with Gasteiger partial charge < -0.3 is 25.4 Å². The quantitative estimate of drug-likeness (QED) is 0.129. The number of hydrogen-bond donors (Lipinski definition) is 0. The molecule has 0 aliphatic heterocycles. The zero-order valence-corrected chi connectivity index (χ0v) is 31.5. The SMILES string of the molecule is CC(C)(C)c1ccnc(-c2cc(C(F)(F)F)n[n-]2)c1.CC(C)(C)c1ccnc(-c2cc(C(F)(F)F)n[n-]2)c1.Fc1c[c-]c(-c2ccccn2)c(F)c1.[Ir+3]. The van der Waals surface area contributed by atoms with Gasteiger partial charge >= 0.3 is 32.5 Å². The van der Waals surface area contributed by atoms with Crippen molar-refractivity contribution in [2.45, 2.75) is 64.7 Å². The first kappa shape index (κ1) is 42.6. The Morgan fingerprint density at radius 2 is 1.02 bits per heavy atom. The molecule has 0 spiro atoms. The molecule has 0 N–H and O–H groups in total. The van der Waals surface area contributed by atoms with Crippen LogP contribution in [-0.2, 0) is 43.3 Å². The smallest absolute Gasteiger partial charge is 0.573 e. The predicted octanol–water partition coefficient (Wildman–Crippen LogP) is 9.66. The molecule has 16 heteroatoms. The average molecular weight is 919 g/mol. The van der Waals surface area contributed by atoms with Crippen LogP contribution in [0.15, 0.2) is 85.3 Å². The molecule has 7 nitrogen and oxygen atoms in total. The molecule has 0 saturated carbocycles. The van der Waals surface area contributed by atoms with Gasteiger partial charge in [-0.1, -0.05) is 76.7 Å². The Kier molecular flexibility index (Phi) is 13.6. The van der Waals surface area contributed by atoms with Gasteiger partial charge in [-0.15, -0.1) is 12.1 Å². The van der Waals surface area contributed by atoms with E-state index in [9.17, 15) is 35.1 Å². The fourth-order valence-electron chi connectivity index (χ4n) is 4.34. The van der Waals surface area contributed by atoms with Crippen molar-refractivity contribution in [3.63, 3.8) is 0 Å². The van der Waals surface area contributed by atoms with Gasteiger partial charge in [0.2, 0.25) is 0 Å². The first-order chi connectivity index (χ1) is 24.1. The van der Waals surface area contributed by atoms with Crippen LogP contribution in [-0.4, -0.2) is 25.1 Å². The molecular formula is C37H32F8IrN7. The van der Waals surface area contributed by atoms with Gasteiger partial charge in [0.05, 0.1) is 0 Å². The summed E-state index contributed by atoms with van der Waals surface area (Å²) in [4.78, 5) is 12.0. The summed E-state index contributed by atoms with van der Waals surface area (Å²) >= 11 is 0. The van der Waals surface area contributed by atoms with Crippen LogP contribution >= 0.6 is 0 Å². The third-order valence-corrected chi connectivity index (χ3v) is 7.21. The summed E-state index contributed by atoms with van der Waals surface area (Å²) in [5.41, 5.74) is 1.47. The number of benzene rings is 1. The van der Waals surface area contributed by atoms with Gasteiger partial charge in [-0.05, 0) is 70.1 Å². The van der Waals surface area contributed by atoms with Crippen LogP contribution in [0.2, 0.25) is 0 Å². The van der Waals surface area contributed by atoms with E-state index in [1.54, 1.807) is 48.9 Å². The molecule has 0 amide bonds. The number of rotatable bonds is 3. The Hall–Kier alpha value is -4.82. The maximum absolute atomic E-state index is 13.2. The summed E-state index contributed by atoms with van der Waals surface area (Å²) in [6.45, 7) is 12.1. The second-order valence-electron chi connectivity index (χ2n) is 13.3. The molecule has 0 radical (unpaired) electrons. The Balaban J connectivity index is 0.000000215. The summed E-state index contributed by atoms with van der Waals surface area (Å²) in [6, 6.07) is 18.5. The van der Waals surface area contributed by atoms with Crippen molar-refractivity contribution in [1.29, 1.82) is 0 Å². The second-order valence-corrected chi connectivity index (χ2v) is 13.3. The van der Waals surface area contributed by atoms with Crippen molar-refractivity contribution in [3.8, 4) is 34.0 Å². The Morgan fingerprint density at radius 3 is 1.38 bits per heavy atom. The van der Waals surface area contributed by atoms with E-state index in [4.69, 9.17) is 0 Å². The molecule has 6 aromatic rings. The Morgan fingerprint density at radius 1 is 0.566 bits per heavy atom. The van der Waals surface area contributed by atoms with Crippen LogP contribution in [0.1, 0.15) is 64.1 Å². The van der Waals surface area contributed by atoms with Crippen LogP contribution in [0.5, 0.6) is 0 Å². The number of aromatic nitrogens is 7. The third-order valence-electron chi connectivity index (χ3n) is 7.21. The zero-order valence-electron chi connectivity index (χ0n) is 29.1. The van der Waals surface area contributed by atoms with E-state index in [1.807, 2.05) is 53.7 Å². The molecule has 1 aromatic carbocycles. The van der Waals surface area contributed by atoms with Gasteiger partial charge in [0.1, 0.15) is 11.4 Å². The number of nitrogens with zero attached hydrogens (tertiary/aromatic N) is 7. The van der Waals surface area contributed by atoms with E-state index in [-0.39, 0.29) is 47.9 Å². The van der Waals surface area contributed by atoms with E-state index < -0.39 is 35.4 Å². The van der Waals surface area contributed by atoms with Crippen LogP contribution in [0.4, 0.5) is 35.1 Å². The molecule has 0 atom stereocenters. The number of halogens is 8. The van der Waals surface area contributed by atoms with Gasteiger partial charge in [0.15, 0.2) is 0 Å². The number of hydrogen-bond acceptors (Lipinski definition) is 5. The van der Waals surface area contributed by atoms with Gasteiger partial charge in [-0.25, -0.2) is 0 Å². The van der Waals surface area contributed by atoms with Gasteiger partial charge in [0, 0.05) is 41.6 Å².